The highest BCUT2D eigenvalue weighted by molar-refractivity contribution is 5.97. The second-order valence-electron chi connectivity index (χ2n) is 4.64. The summed E-state index contributed by atoms with van der Waals surface area (Å²) in [6, 6.07) is 7.87. The van der Waals surface area contributed by atoms with Gasteiger partial charge in [0.25, 0.3) is 0 Å². The Balaban J connectivity index is 1.81. The van der Waals surface area contributed by atoms with Crippen LogP contribution in [0.5, 0.6) is 0 Å². The quantitative estimate of drug-likeness (QED) is 0.839. The molecule has 0 amide bonds. The number of fused-ring (bicyclic) bond motifs is 1. The van der Waals surface area contributed by atoms with Crippen molar-refractivity contribution >= 4 is 5.78 Å². The highest BCUT2D eigenvalue weighted by atomic mass is 16.3. The van der Waals surface area contributed by atoms with E-state index in [-0.39, 0.29) is 5.78 Å². The van der Waals surface area contributed by atoms with Crippen molar-refractivity contribution in [2.45, 2.75) is 19.4 Å². The van der Waals surface area contributed by atoms with Gasteiger partial charge in [-0.3, -0.25) is 4.79 Å². The summed E-state index contributed by atoms with van der Waals surface area (Å²) in [7, 11) is 0. The maximum Gasteiger partial charge on any atom is 0.167 e. The van der Waals surface area contributed by atoms with E-state index in [1.807, 2.05) is 18.2 Å². The van der Waals surface area contributed by atoms with E-state index in [9.17, 15) is 4.79 Å². The van der Waals surface area contributed by atoms with E-state index in [1.54, 1.807) is 12.5 Å². The van der Waals surface area contributed by atoms with Gasteiger partial charge in [0.05, 0.1) is 12.5 Å². The molecule has 92 valence electrons. The van der Waals surface area contributed by atoms with Crippen LogP contribution in [-0.2, 0) is 19.4 Å². The number of nitrogens with one attached hydrogen (secondary N) is 1. The van der Waals surface area contributed by atoms with Crippen LogP contribution < -0.4 is 5.32 Å². The summed E-state index contributed by atoms with van der Waals surface area (Å²) < 4.78 is 4.98. The third kappa shape index (κ3) is 2.22. The summed E-state index contributed by atoms with van der Waals surface area (Å²) in [5.74, 6) is 0.143. The Morgan fingerprint density at radius 3 is 3.06 bits per heavy atom. The number of carbonyl (C=O) groups is 1. The Labute approximate surface area is 106 Å². The number of carbonyl (C=O) groups excluding carboxylic acids is 1. The SMILES string of the molecule is O=C(Cc1ccoc1)c1ccc2c(c1)CNCC2. The fourth-order valence-electron chi connectivity index (χ4n) is 2.33. The van der Waals surface area contributed by atoms with E-state index >= 15 is 0 Å². The lowest BCUT2D eigenvalue weighted by molar-refractivity contribution is 0.0992. The summed E-state index contributed by atoms with van der Waals surface area (Å²) in [6.07, 6.45) is 4.67. The molecule has 2 heterocycles. The molecule has 0 bridgehead atoms. The first kappa shape index (κ1) is 11.2. The van der Waals surface area contributed by atoms with Crippen molar-refractivity contribution in [1.82, 2.24) is 5.32 Å². The number of rotatable bonds is 3. The maximum atomic E-state index is 12.1. The molecule has 0 saturated carbocycles. The summed E-state index contributed by atoms with van der Waals surface area (Å²) in [5.41, 5.74) is 4.32. The number of benzene rings is 1. The molecule has 1 N–H and O–H groups in total. The molecule has 0 fully saturated rings. The topological polar surface area (TPSA) is 42.2 Å². The molecule has 0 atom stereocenters. The molecule has 0 saturated heterocycles. The smallest absolute Gasteiger partial charge is 0.167 e. The van der Waals surface area contributed by atoms with Crippen molar-refractivity contribution in [2.75, 3.05) is 6.54 Å². The molecule has 0 radical (unpaired) electrons. The van der Waals surface area contributed by atoms with E-state index in [0.717, 1.165) is 30.6 Å². The lowest BCUT2D eigenvalue weighted by Crippen LogP contribution is -2.23. The van der Waals surface area contributed by atoms with Gasteiger partial charge >= 0.3 is 0 Å². The summed E-state index contributed by atoms with van der Waals surface area (Å²) in [4.78, 5) is 12.1. The fourth-order valence-corrected chi connectivity index (χ4v) is 2.33. The predicted octanol–water partition coefficient (Wildman–Crippen LogP) is 2.35. The zero-order valence-corrected chi connectivity index (χ0v) is 10.1. The van der Waals surface area contributed by atoms with Crippen molar-refractivity contribution in [1.29, 1.82) is 0 Å². The number of hydrogen-bond acceptors (Lipinski definition) is 3. The summed E-state index contributed by atoms with van der Waals surface area (Å²) in [6.45, 7) is 1.89. The summed E-state index contributed by atoms with van der Waals surface area (Å²) in [5, 5.41) is 3.33. The minimum atomic E-state index is 0.143. The van der Waals surface area contributed by atoms with Crippen molar-refractivity contribution in [3.05, 3.63) is 59.0 Å². The van der Waals surface area contributed by atoms with Gasteiger partial charge in [-0.25, -0.2) is 0 Å². The summed E-state index contributed by atoms with van der Waals surface area (Å²) >= 11 is 0. The minimum Gasteiger partial charge on any atom is -0.472 e. The second-order valence-corrected chi connectivity index (χ2v) is 4.64. The molecule has 1 aromatic carbocycles. The Morgan fingerprint density at radius 2 is 2.22 bits per heavy atom. The van der Waals surface area contributed by atoms with Crippen LogP contribution in [-0.4, -0.2) is 12.3 Å². The molecule has 0 spiro atoms. The van der Waals surface area contributed by atoms with Crippen LogP contribution in [0.2, 0.25) is 0 Å². The van der Waals surface area contributed by atoms with Gasteiger partial charge in [-0.2, -0.15) is 0 Å². The number of furan rings is 1. The van der Waals surface area contributed by atoms with Crippen LogP contribution in [0.15, 0.2) is 41.2 Å². The Kier molecular flexibility index (Phi) is 2.99. The van der Waals surface area contributed by atoms with Crippen molar-refractivity contribution in [2.24, 2.45) is 0 Å². The molecular formula is C15H15NO2. The molecule has 0 aliphatic carbocycles. The third-order valence-corrected chi connectivity index (χ3v) is 3.36. The van der Waals surface area contributed by atoms with E-state index in [0.29, 0.717) is 6.42 Å². The zero-order valence-electron chi connectivity index (χ0n) is 10.1. The maximum absolute atomic E-state index is 12.1. The van der Waals surface area contributed by atoms with Crippen LogP contribution in [0.1, 0.15) is 27.0 Å². The lowest BCUT2D eigenvalue weighted by Gasteiger charge is -2.17. The first-order valence-corrected chi connectivity index (χ1v) is 6.20. The van der Waals surface area contributed by atoms with Crippen molar-refractivity contribution in [3.63, 3.8) is 0 Å². The van der Waals surface area contributed by atoms with Gasteiger partial charge in [0, 0.05) is 18.5 Å². The molecule has 2 aromatic rings. The number of Topliss-reactive ketones (excluding diaryl/α,β-unsaturated/α-hetero) is 1. The van der Waals surface area contributed by atoms with Crippen LogP contribution in [0.4, 0.5) is 0 Å². The monoisotopic (exact) mass is 241 g/mol. The van der Waals surface area contributed by atoms with Gasteiger partial charge in [0.2, 0.25) is 0 Å². The van der Waals surface area contributed by atoms with Crippen LogP contribution in [0.25, 0.3) is 0 Å². The Morgan fingerprint density at radius 1 is 1.28 bits per heavy atom. The number of ketones is 1. The minimum absolute atomic E-state index is 0.143. The van der Waals surface area contributed by atoms with Crippen LogP contribution >= 0.6 is 0 Å². The molecule has 3 rings (SSSR count). The molecule has 1 aliphatic heterocycles. The average Bonchev–Trinajstić information content (AvgIpc) is 2.91. The first-order chi connectivity index (χ1) is 8.83. The molecule has 3 heteroatoms. The second kappa shape index (κ2) is 4.78. The molecule has 1 aliphatic rings. The zero-order chi connectivity index (χ0) is 12.4. The van der Waals surface area contributed by atoms with Gasteiger partial charge in [-0.05, 0) is 41.8 Å². The molecule has 3 nitrogen and oxygen atoms in total. The van der Waals surface area contributed by atoms with Gasteiger partial charge in [-0.1, -0.05) is 12.1 Å². The van der Waals surface area contributed by atoms with Gasteiger partial charge in [0.15, 0.2) is 5.78 Å². The molecule has 0 unspecified atom stereocenters. The van der Waals surface area contributed by atoms with E-state index < -0.39 is 0 Å². The van der Waals surface area contributed by atoms with E-state index in [1.165, 1.54) is 11.1 Å². The first-order valence-electron chi connectivity index (χ1n) is 6.20. The number of hydrogen-bond donors (Lipinski definition) is 1. The van der Waals surface area contributed by atoms with Crippen LogP contribution in [0.3, 0.4) is 0 Å². The third-order valence-electron chi connectivity index (χ3n) is 3.36. The van der Waals surface area contributed by atoms with Crippen LogP contribution in [0, 0.1) is 0 Å². The van der Waals surface area contributed by atoms with Gasteiger partial charge in [0.1, 0.15) is 0 Å². The van der Waals surface area contributed by atoms with E-state index in [4.69, 9.17) is 4.42 Å². The lowest BCUT2D eigenvalue weighted by atomic mass is 9.96. The molecular weight excluding hydrogens is 226 g/mol. The van der Waals surface area contributed by atoms with E-state index in [2.05, 4.69) is 11.4 Å². The van der Waals surface area contributed by atoms with Crippen molar-refractivity contribution in [3.8, 4) is 0 Å². The average molecular weight is 241 g/mol. The highest BCUT2D eigenvalue weighted by Gasteiger charge is 2.13. The fraction of sp³-hybridized carbons (Fsp3) is 0.267. The predicted molar refractivity (Wildman–Crippen MR) is 68.6 cm³/mol. The van der Waals surface area contributed by atoms with Gasteiger partial charge < -0.3 is 9.73 Å². The normalized spacial score (nSPS) is 14.2. The standard InChI is InChI=1S/C15H15NO2/c17-15(7-11-4-6-18-10-11)13-2-1-12-3-5-16-9-14(12)8-13/h1-2,4,6,8,10,16H,3,5,7,9H2. The van der Waals surface area contributed by atoms with Crippen molar-refractivity contribution < 1.29 is 9.21 Å². The molecule has 18 heavy (non-hydrogen) atoms. The Hall–Kier alpha value is -1.87. The highest BCUT2D eigenvalue weighted by Crippen LogP contribution is 2.17. The Bertz CT molecular complexity index is 558. The molecule has 1 aromatic heterocycles. The largest absolute Gasteiger partial charge is 0.472 e. The van der Waals surface area contributed by atoms with Gasteiger partial charge in [-0.15, -0.1) is 0 Å².